The van der Waals surface area contributed by atoms with Crippen molar-refractivity contribution in [1.29, 1.82) is 0 Å². The van der Waals surface area contributed by atoms with E-state index in [1.807, 2.05) is 43.3 Å². The smallest absolute Gasteiger partial charge is 0.233 e. The number of amides is 1. The van der Waals surface area contributed by atoms with Crippen LogP contribution in [0.1, 0.15) is 20.8 Å². The molecule has 0 bridgehead atoms. The van der Waals surface area contributed by atoms with Crippen molar-refractivity contribution in [3.05, 3.63) is 42.7 Å². The average molecular weight is 355 g/mol. The molecule has 0 aliphatic rings. The van der Waals surface area contributed by atoms with Gasteiger partial charge in [-0.25, -0.2) is 9.97 Å². The number of fused-ring (bicyclic) bond motifs is 1. The highest BCUT2D eigenvalue weighted by molar-refractivity contribution is 8.00. The molecule has 2 aromatic heterocycles. The van der Waals surface area contributed by atoms with Crippen molar-refractivity contribution in [2.24, 2.45) is 5.92 Å². The molecule has 1 N–H and O–H groups in total. The van der Waals surface area contributed by atoms with Gasteiger partial charge in [0.05, 0.1) is 17.0 Å². The maximum Gasteiger partial charge on any atom is 0.233 e. The number of hydrogen-bond donors (Lipinski definition) is 1. The fourth-order valence-electron chi connectivity index (χ4n) is 2.32. The fourth-order valence-corrected chi connectivity index (χ4v) is 3.29. The molecule has 0 unspecified atom stereocenters. The third-order valence-corrected chi connectivity index (χ3v) is 4.75. The van der Waals surface area contributed by atoms with Crippen LogP contribution in [-0.2, 0) is 4.79 Å². The van der Waals surface area contributed by atoms with Crippen LogP contribution in [-0.4, -0.2) is 27.7 Å². The summed E-state index contributed by atoms with van der Waals surface area (Å²) < 4.78 is 5.43. The van der Waals surface area contributed by atoms with Gasteiger partial charge >= 0.3 is 0 Å². The number of para-hydroxylation sites is 1. The molecule has 1 aromatic carbocycles. The van der Waals surface area contributed by atoms with Crippen LogP contribution < -0.4 is 5.32 Å². The monoisotopic (exact) mass is 355 g/mol. The molecule has 0 aliphatic carbocycles. The Labute approximate surface area is 151 Å². The number of thioether (sulfide) groups is 1. The quantitative estimate of drug-likeness (QED) is 0.531. The van der Waals surface area contributed by atoms with Gasteiger partial charge in [-0.15, -0.1) is 0 Å². The molecule has 0 fully saturated rings. The van der Waals surface area contributed by atoms with E-state index in [1.165, 1.54) is 11.8 Å². The molecule has 0 spiro atoms. The van der Waals surface area contributed by atoms with E-state index < -0.39 is 0 Å². The largest absolute Gasteiger partial charge is 0.461 e. The van der Waals surface area contributed by atoms with Crippen molar-refractivity contribution < 1.29 is 9.21 Å². The van der Waals surface area contributed by atoms with E-state index in [9.17, 15) is 4.79 Å². The lowest BCUT2D eigenvalue weighted by Gasteiger charge is -2.14. The minimum Gasteiger partial charge on any atom is -0.461 e. The van der Waals surface area contributed by atoms with Gasteiger partial charge in [-0.05, 0) is 31.0 Å². The van der Waals surface area contributed by atoms with Crippen LogP contribution >= 0.6 is 11.8 Å². The predicted octanol–water partition coefficient (Wildman–Crippen LogP) is 4.14. The van der Waals surface area contributed by atoms with Crippen molar-refractivity contribution in [2.45, 2.75) is 31.0 Å². The van der Waals surface area contributed by atoms with Gasteiger partial charge in [0.25, 0.3) is 0 Å². The zero-order valence-corrected chi connectivity index (χ0v) is 15.3. The molecule has 130 valence electrons. The summed E-state index contributed by atoms with van der Waals surface area (Å²) in [7, 11) is 0. The molecule has 3 rings (SSSR count). The Morgan fingerprint density at radius 2 is 1.96 bits per heavy atom. The van der Waals surface area contributed by atoms with E-state index in [-0.39, 0.29) is 11.2 Å². The van der Waals surface area contributed by atoms with Gasteiger partial charge in [0.2, 0.25) is 5.91 Å². The van der Waals surface area contributed by atoms with Crippen LogP contribution in [0.3, 0.4) is 0 Å². The molecule has 5 nitrogen and oxygen atoms in total. The summed E-state index contributed by atoms with van der Waals surface area (Å²) in [6, 6.07) is 11.4. The van der Waals surface area contributed by atoms with Crippen molar-refractivity contribution >= 4 is 28.6 Å². The standard InChI is InChI=1S/C19H21N3O2S/c1-12(2)11-20-18(23)13(3)25-19-14-7-4-5-8-15(14)21-17(22-19)16-9-6-10-24-16/h4-10,12-13H,11H2,1-3H3,(H,20,23)/t13-/m1/s1. The van der Waals surface area contributed by atoms with Crippen molar-refractivity contribution in [1.82, 2.24) is 15.3 Å². The Bertz CT molecular complexity index is 862. The number of benzene rings is 1. The van der Waals surface area contributed by atoms with Gasteiger partial charge in [-0.1, -0.05) is 43.8 Å². The van der Waals surface area contributed by atoms with Gasteiger partial charge in [0.15, 0.2) is 11.6 Å². The maximum atomic E-state index is 12.3. The number of carbonyl (C=O) groups excluding carboxylic acids is 1. The Balaban J connectivity index is 1.90. The molecule has 0 radical (unpaired) electrons. The van der Waals surface area contributed by atoms with E-state index in [1.54, 1.807) is 6.26 Å². The summed E-state index contributed by atoms with van der Waals surface area (Å²) in [4.78, 5) is 21.5. The van der Waals surface area contributed by atoms with Crippen LogP contribution in [0, 0.1) is 5.92 Å². The molecular weight excluding hydrogens is 334 g/mol. The second-order valence-electron chi connectivity index (χ2n) is 6.25. The van der Waals surface area contributed by atoms with E-state index >= 15 is 0 Å². The normalized spacial score (nSPS) is 12.5. The Morgan fingerprint density at radius 1 is 1.16 bits per heavy atom. The zero-order chi connectivity index (χ0) is 17.8. The van der Waals surface area contributed by atoms with Crippen LogP contribution in [0.5, 0.6) is 0 Å². The topological polar surface area (TPSA) is 68.0 Å². The molecular formula is C19H21N3O2S. The number of rotatable bonds is 6. The van der Waals surface area contributed by atoms with Crippen LogP contribution in [0.25, 0.3) is 22.5 Å². The highest BCUT2D eigenvalue weighted by Gasteiger charge is 2.18. The van der Waals surface area contributed by atoms with Crippen molar-refractivity contribution in [3.8, 4) is 11.6 Å². The molecule has 0 aliphatic heterocycles. The molecule has 0 saturated heterocycles. The zero-order valence-electron chi connectivity index (χ0n) is 14.5. The predicted molar refractivity (Wildman–Crippen MR) is 100 cm³/mol. The second-order valence-corrected chi connectivity index (χ2v) is 7.58. The second kappa shape index (κ2) is 7.70. The van der Waals surface area contributed by atoms with E-state index in [0.717, 1.165) is 15.9 Å². The van der Waals surface area contributed by atoms with Gasteiger partial charge in [-0.3, -0.25) is 4.79 Å². The first-order chi connectivity index (χ1) is 12.0. The first-order valence-electron chi connectivity index (χ1n) is 8.29. The molecule has 1 amide bonds. The number of aromatic nitrogens is 2. The molecule has 1 atom stereocenters. The SMILES string of the molecule is CC(C)CNC(=O)[C@@H](C)Sc1nc(-c2ccco2)nc2ccccc12. The highest BCUT2D eigenvalue weighted by Crippen LogP contribution is 2.31. The number of hydrogen-bond acceptors (Lipinski definition) is 5. The molecule has 3 aromatic rings. The van der Waals surface area contributed by atoms with Crippen LogP contribution in [0.15, 0.2) is 52.1 Å². The Morgan fingerprint density at radius 3 is 2.68 bits per heavy atom. The number of carbonyl (C=O) groups is 1. The summed E-state index contributed by atoms with van der Waals surface area (Å²) in [6.45, 7) is 6.72. The maximum absolute atomic E-state index is 12.3. The van der Waals surface area contributed by atoms with Gasteiger partial charge in [0.1, 0.15) is 5.03 Å². The number of nitrogens with zero attached hydrogens (tertiary/aromatic N) is 2. The molecule has 0 saturated carbocycles. The van der Waals surface area contributed by atoms with E-state index in [0.29, 0.717) is 24.0 Å². The Hall–Kier alpha value is -2.34. The van der Waals surface area contributed by atoms with Gasteiger partial charge in [-0.2, -0.15) is 0 Å². The number of nitrogens with one attached hydrogen (secondary N) is 1. The third-order valence-electron chi connectivity index (χ3n) is 3.65. The lowest BCUT2D eigenvalue weighted by Crippen LogP contribution is -2.33. The van der Waals surface area contributed by atoms with Crippen molar-refractivity contribution in [3.63, 3.8) is 0 Å². The minimum atomic E-state index is -0.249. The minimum absolute atomic E-state index is 0.0148. The Kier molecular flexibility index (Phi) is 5.38. The molecule has 2 heterocycles. The summed E-state index contributed by atoms with van der Waals surface area (Å²) >= 11 is 1.44. The van der Waals surface area contributed by atoms with Gasteiger partial charge < -0.3 is 9.73 Å². The van der Waals surface area contributed by atoms with Crippen LogP contribution in [0.2, 0.25) is 0 Å². The molecule has 25 heavy (non-hydrogen) atoms. The highest BCUT2D eigenvalue weighted by atomic mass is 32.2. The average Bonchev–Trinajstić information content (AvgIpc) is 3.14. The summed E-state index contributed by atoms with van der Waals surface area (Å²) in [6.07, 6.45) is 1.60. The van der Waals surface area contributed by atoms with E-state index in [4.69, 9.17) is 4.42 Å². The third kappa shape index (κ3) is 4.20. The lowest BCUT2D eigenvalue weighted by atomic mass is 10.2. The number of furan rings is 1. The first-order valence-corrected chi connectivity index (χ1v) is 9.17. The summed E-state index contributed by atoms with van der Waals surface area (Å²) in [5.41, 5.74) is 0.834. The van der Waals surface area contributed by atoms with Crippen LogP contribution in [0.4, 0.5) is 0 Å². The fraction of sp³-hybridized carbons (Fsp3) is 0.316. The van der Waals surface area contributed by atoms with Crippen molar-refractivity contribution in [2.75, 3.05) is 6.54 Å². The van der Waals surface area contributed by atoms with Gasteiger partial charge in [0, 0.05) is 11.9 Å². The summed E-state index contributed by atoms with van der Waals surface area (Å²) in [5, 5.41) is 4.44. The molecule has 6 heteroatoms. The lowest BCUT2D eigenvalue weighted by molar-refractivity contribution is -0.120. The summed E-state index contributed by atoms with van der Waals surface area (Å²) in [5.74, 6) is 1.58. The van der Waals surface area contributed by atoms with E-state index in [2.05, 4.69) is 29.1 Å². The first kappa shape index (κ1) is 17.5.